The summed E-state index contributed by atoms with van der Waals surface area (Å²) in [4.78, 5) is 2.99. The topological polar surface area (TPSA) is 22.1 Å². The van der Waals surface area contributed by atoms with E-state index in [-0.39, 0.29) is 0 Å². The van der Waals surface area contributed by atoms with Crippen LogP contribution in [-0.4, -0.2) is 12.1 Å². The monoisotopic (exact) mass is 241 g/mol. The predicted molar refractivity (Wildman–Crippen MR) is 45.5 cm³/mol. The van der Waals surface area contributed by atoms with Crippen LogP contribution in [0.15, 0.2) is 6.20 Å². The smallest absolute Gasteiger partial charge is 0.433 e. The van der Waals surface area contributed by atoms with Gasteiger partial charge < -0.3 is 4.74 Å². The third kappa shape index (κ3) is 2.23. The van der Waals surface area contributed by atoms with Gasteiger partial charge in [-0.2, -0.15) is 13.2 Å². The first-order valence-corrected chi connectivity index (χ1v) is 4.17. The van der Waals surface area contributed by atoms with Gasteiger partial charge in [0.15, 0.2) is 5.69 Å². The van der Waals surface area contributed by atoms with Crippen molar-refractivity contribution in [2.75, 3.05) is 7.11 Å². The normalized spacial score (nSPS) is 12.0. The molecule has 90 valence electrons. The van der Waals surface area contributed by atoms with E-state index in [2.05, 4.69) is 9.72 Å². The van der Waals surface area contributed by atoms with E-state index >= 15 is 0 Å². The van der Waals surface area contributed by atoms with Gasteiger partial charge in [-0.15, -0.1) is 0 Å². The van der Waals surface area contributed by atoms with E-state index < -0.39 is 35.2 Å². The Morgan fingerprint density at radius 2 is 1.88 bits per heavy atom. The van der Waals surface area contributed by atoms with Crippen LogP contribution < -0.4 is 4.74 Å². The minimum Gasteiger partial charge on any atom is -0.496 e. The Morgan fingerprint density at radius 1 is 1.31 bits per heavy atom. The molecule has 1 heterocycles. The maximum Gasteiger partial charge on any atom is 0.433 e. The second kappa shape index (κ2) is 4.23. The summed E-state index contributed by atoms with van der Waals surface area (Å²) in [7, 11) is 1.04. The molecule has 7 heteroatoms. The van der Waals surface area contributed by atoms with Crippen LogP contribution in [0.1, 0.15) is 23.2 Å². The van der Waals surface area contributed by atoms with Crippen molar-refractivity contribution in [2.24, 2.45) is 0 Å². The Kier molecular flexibility index (Phi) is 3.35. The molecule has 2 nitrogen and oxygen atoms in total. The Hall–Kier alpha value is -1.40. The minimum atomic E-state index is -4.68. The van der Waals surface area contributed by atoms with Crippen molar-refractivity contribution in [3.05, 3.63) is 23.0 Å². The average Bonchev–Trinajstić information content (AvgIpc) is 2.14. The number of methoxy groups -OCH3 is 1. The van der Waals surface area contributed by atoms with Crippen molar-refractivity contribution in [3.8, 4) is 5.75 Å². The van der Waals surface area contributed by atoms with Crippen LogP contribution >= 0.6 is 0 Å². The van der Waals surface area contributed by atoms with E-state index in [0.717, 1.165) is 14.0 Å². The van der Waals surface area contributed by atoms with E-state index in [0.29, 0.717) is 6.20 Å². The lowest BCUT2D eigenvalue weighted by molar-refractivity contribution is -0.141. The lowest BCUT2D eigenvalue weighted by Crippen LogP contribution is -2.12. The van der Waals surface area contributed by atoms with Gasteiger partial charge in [0, 0.05) is 11.8 Å². The quantitative estimate of drug-likeness (QED) is 0.740. The van der Waals surface area contributed by atoms with Crippen LogP contribution in [0.2, 0.25) is 0 Å². The molecule has 0 aliphatic rings. The average molecular weight is 241 g/mol. The molecule has 0 spiro atoms. The van der Waals surface area contributed by atoms with Crippen molar-refractivity contribution in [1.82, 2.24) is 4.98 Å². The van der Waals surface area contributed by atoms with Gasteiger partial charge in [0.25, 0.3) is 6.43 Å². The molecule has 0 N–H and O–H groups in total. The number of nitrogens with zero attached hydrogens (tertiary/aromatic N) is 1. The maximum absolute atomic E-state index is 12.4. The van der Waals surface area contributed by atoms with Crippen LogP contribution in [0.4, 0.5) is 22.0 Å². The van der Waals surface area contributed by atoms with Crippen molar-refractivity contribution in [2.45, 2.75) is 19.5 Å². The van der Waals surface area contributed by atoms with Crippen LogP contribution in [-0.2, 0) is 6.18 Å². The Labute approximate surface area is 88.1 Å². The molecule has 1 aromatic heterocycles. The van der Waals surface area contributed by atoms with E-state index in [1.165, 1.54) is 0 Å². The highest BCUT2D eigenvalue weighted by Crippen LogP contribution is 2.38. The van der Waals surface area contributed by atoms with Gasteiger partial charge in [0.2, 0.25) is 0 Å². The van der Waals surface area contributed by atoms with Crippen LogP contribution in [0.25, 0.3) is 0 Å². The van der Waals surface area contributed by atoms with E-state index in [1.54, 1.807) is 0 Å². The molecule has 1 aromatic rings. The number of aromatic nitrogens is 1. The summed E-state index contributed by atoms with van der Waals surface area (Å²) >= 11 is 0. The molecule has 1 rings (SSSR count). The fraction of sp³-hybridized carbons (Fsp3) is 0.444. The summed E-state index contributed by atoms with van der Waals surface area (Å²) in [6.45, 7) is 1.04. The molecule has 0 bridgehead atoms. The van der Waals surface area contributed by atoms with Gasteiger partial charge >= 0.3 is 6.18 Å². The molecule has 0 aliphatic carbocycles. The summed E-state index contributed by atoms with van der Waals surface area (Å²) in [6.07, 6.45) is -7.12. The second-order valence-corrected chi connectivity index (χ2v) is 3.02. The van der Waals surface area contributed by atoms with Crippen LogP contribution in [0.3, 0.4) is 0 Å². The zero-order chi connectivity index (χ0) is 12.5. The van der Waals surface area contributed by atoms with Gasteiger partial charge in [-0.1, -0.05) is 0 Å². The molecule has 0 amide bonds. The largest absolute Gasteiger partial charge is 0.496 e. The van der Waals surface area contributed by atoms with Crippen molar-refractivity contribution in [3.63, 3.8) is 0 Å². The molecule has 0 aromatic carbocycles. The Morgan fingerprint density at radius 3 is 2.25 bits per heavy atom. The minimum absolute atomic E-state index is 0.437. The summed E-state index contributed by atoms with van der Waals surface area (Å²) < 4.78 is 66.6. The molecule has 0 unspecified atom stereocenters. The van der Waals surface area contributed by atoms with Gasteiger partial charge in [-0.3, -0.25) is 4.98 Å². The lowest BCUT2D eigenvalue weighted by Gasteiger charge is -2.15. The highest BCUT2D eigenvalue weighted by atomic mass is 19.4. The number of rotatable bonds is 2. The number of ether oxygens (including phenoxy) is 1. The third-order valence-corrected chi connectivity index (χ3v) is 2.00. The fourth-order valence-electron chi connectivity index (χ4n) is 1.33. The predicted octanol–water partition coefficient (Wildman–Crippen LogP) is 3.36. The number of pyridine rings is 1. The fourth-order valence-corrected chi connectivity index (χ4v) is 1.33. The standard InChI is InChI=1S/C9H8F5NO/c1-4-6(16-2)5(8(10)11)3-15-7(4)9(12,13)14/h3,8H,1-2H3. The first kappa shape index (κ1) is 12.7. The molecule has 0 fully saturated rings. The Bertz CT molecular complexity index is 388. The number of halogens is 5. The van der Waals surface area contributed by atoms with Gasteiger partial charge in [0.1, 0.15) is 5.75 Å². The first-order valence-electron chi connectivity index (χ1n) is 4.17. The van der Waals surface area contributed by atoms with Crippen LogP contribution in [0.5, 0.6) is 5.75 Å². The van der Waals surface area contributed by atoms with E-state index in [1.807, 2.05) is 0 Å². The van der Waals surface area contributed by atoms with Gasteiger partial charge in [-0.25, -0.2) is 8.78 Å². The molecular formula is C9H8F5NO. The molecular weight excluding hydrogens is 233 g/mol. The molecule has 0 atom stereocenters. The van der Waals surface area contributed by atoms with Crippen molar-refractivity contribution >= 4 is 0 Å². The zero-order valence-corrected chi connectivity index (χ0v) is 8.40. The first-order chi connectivity index (χ1) is 7.29. The molecule has 0 radical (unpaired) electrons. The molecule has 0 saturated heterocycles. The SMILES string of the molecule is COc1c(C(F)F)cnc(C(F)(F)F)c1C. The Balaban J connectivity index is 3.41. The second-order valence-electron chi connectivity index (χ2n) is 3.02. The van der Waals surface area contributed by atoms with Crippen molar-refractivity contribution in [1.29, 1.82) is 0 Å². The van der Waals surface area contributed by atoms with E-state index in [4.69, 9.17) is 0 Å². The van der Waals surface area contributed by atoms with Gasteiger partial charge in [0.05, 0.1) is 12.7 Å². The van der Waals surface area contributed by atoms with E-state index in [9.17, 15) is 22.0 Å². The number of hydrogen-bond donors (Lipinski definition) is 0. The number of alkyl halides is 5. The highest BCUT2D eigenvalue weighted by Gasteiger charge is 2.36. The van der Waals surface area contributed by atoms with Crippen molar-refractivity contribution < 1.29 is 26.7 Å². The lowest BCUT2D eigenvalue weighted by atomic mass is 10.1. The number of hydrogen-bond acceptors (Lipinski definition) is 2. The zero-order valence-electron chi connectivity index (χ0n) is 8.40. The summed E-state index contributed by atoms with van der Waals surface area (Å²) in [5.41, 5.74) is -2.30. The third-order valence-electron chi connectivity index (χ3n) is 2.00. The molecule has 16 heavy (non-hydrogen) atoms. The summed E-state index contributed by atoms with van der Waals surface area (Å²) in [5.74, 6) is -0.475. The summed E-state index contributed by atoms with van der Waals surface area (Å²) in [6, 6.07) is 0. The van der Waals surface area contributed by atoms with Crippen LogP contribution in [0, 0.1) is 6.92 Å². The highest BCUT2D eigenvalue weighted by molar-refractivity contribution is 5.43. The summed E-state index contributed by atoms with van der Waals surface area (Å²) in [5, 5.41) is 0. The molecule has 0 aliphatic heterocycles. The van der Waals surface area contributed by atoms with Gasteiger partial charge in [-0.05, 0) is 6.92 Å². The molecule has 0 saturated carbocycles. The maximum atomic E-state index is 12.4.